The summed E-state index contributed by atoms with van der Waals surface area (Å²) >= 11 is 0. The predicted octanol–water partition coefficient (Wildman–Crippen LogP) is -0.0970. The highest BCUT2D eigenvalue weighted by Crippen LogP contribution is 2.39. The molecule has 1 heterocycles. The van der Waals surface area contributed by atoms with Crippen molar-refractivity contribution in [1.82, 2.24) is 26.2 Å². The fourth-order valence-electron chi connectivity index (χ4n) is 5.17. The highest BCUT2D eigenvalue weighted by atomic mass is 16.3. The molecular formula is C30H49N5O7. The number of nitrogens with one attached hydrogen (secondary N) is 4. The van der Waals surface area contributed by atoms with Gasteiger partial charge in [-0.25, -0.2) is 0 Å². The molecule has 1 fully saturated rings. The summed E-state index contributed by atoms with van der Waals surface area (Å²) in [5, 5.41) is 22.0. The van der Waals surface area contributed by atoms with E-state index in [0.717, 1.165) is 11.3 Å². The molecule has 1 unspecified atom stereocenters. The Morgan fingerprint density at radius 1 is 1.17 bits per heavy atom. The third-order valence-electron chi connectivity index (χ3n) is 8.50. The largest absolute Gasteiger partial charge is 0.385 e. The maximum atomic E-state index is 14.1. The number of nitrogens with zero attached hydrogens (tertiary/aromatic N) is 1. The molecule has 0 aromatic carbocycles. The summed E-state index contributed by atoms with van der Waals surface area (Å²) in [7, 11) is 2.81. The fraction of sp³-hybridized carbons (Fsp3) is 0.667. The zero-order valence-corrected chi connectivity index (χ0v) is 26.0. The molecule has 1 aliphatic heterocycles. The van der Waals surface area contributed by atoms with Crippen molar-refractivity contribution in [1.29, 1.82) is 0 Å². The molecular weight excluding hydrogens is 542 g/mol. The van der Waals surface area contributed by atoms with E-state index in [0.29, 0.717) is 6.54 Å². The maximum Gasteiger partial charge on any atom is 0.246 e. The van der Waals surface area contributed by atoms with Gasteiger partial charge in [-0.1, -0.05) is 26.0 Å². The van der Waals surface area contributed by atoms with Gasteiger partial charge in [-0.05, 0) is 53.1 Å². The van der Waals surface area contributed by atoms with Crippen LogP contribution in [0.1, 0.15) is 53.9 Å². The lowest BCUT2D eigenvalue weighted by atomic mass is 9.64. The van der Waals surface area contributed by atoms with Gasteiger partial charge in [0.2, 0.25) is 17.7 Å². The molecule has 0 aliphatic carbocycles. The highest BCUT2D eigenvalue weighted by Gasteiger charge is 2.60. The highest BCUT2D eigenvalue weighted by molar-refractivity contribution is 6.13. The summed E-state index contributed by atoms with van der Waals surface area (Å²) in [5.74, 6) is -3.86. The van der Waals surface area contributed by atoms with Crippen molar-refractivity contribution < 1.29 is 33.9 Å². The lowest BCUT2D eigenvalue weighted by Crippen LogP contribution is -2.71. The second kappa shape index (κ2) is 15.9. The summed E-state index contributed by atoms with van der Waals surface area (Å²) < 4.78 is 0. The number of hydrogen-bond acceptors (Lipinski definition) is 9. The fourth-order valence-corrected chi connectivity index (χ4v) is 5.17. The molecule has 0 aromatic heterocycles. The molecule has 12 heteroatoms. The first-order valence-corrected chi connectivity index (χ1v) is 14.3. The zero-order valence-electron chi connectivity index (χ0n) is 26.0. The smallest absolute Gasteiger partial charge is 0.246 e. The van der Waals surface area contributed by atoms with E-state index >= 15 is 0 Å². The predicted molar refractivity (Wildman–Crippen MR) is 159 cm³/mol. The van der Waals surface area contributed by atoms with Crippen LogP contribution in [0, 0.1) is 17.3 Å². The van der Waals surface area contributed by atoms with Gasteiger partial charge in [0.25, 0.3) is 0 Å². The Labute approximate surface area is 249 Å². The maximum absolute atomic E-state index is 14.1. The topological polar surface area (TPSA) is 174 Å². The minimum Gasteiger partial charge on any atom is -0.385 e. The van der Waals surface area contributed by atoms with Gasteiger partial charge in [0.05, 0.1) is 17.5 Å². The average molecular weight is 592 g/mol. The Bertz CT molecular complexity index is 1050. The van der Waals surface area contributed by atoms with E-state index in [1.54, 1.807) is 20.9 Å². The summed E-state index contributed by atoms with van der Waals surface area (Å²) in [5.41, 5.74) is -4.32. The lowest BCUT2D eigenvalue weighted by molar-refractivity contribution is -0.166. The molecule has 12 nitrogen and oxygen atoms in total. The number of aldehydes is 1. The molecule has 0 bridgehead atoms. The van der Waals surface area contributed by atoms with Gasteiger partial charge in [-0.2, -0.15) is 0 Å². The van der Waals surface area contributed by atoms with Gasteiger partial charge < -0.3 is 36.1 Å². The minimum absolute atomic E-state index is 0.0235. The van der Waals surface area contributed by atoms with Crippen molar-refractivity contribution in [2.45, 2.75) is 83.6 Å². The Hall–Kier alpha value is -3.22. The van der Waals surface area contributed by atoms with E-state index < -0.39 is 64.5 Å². The quantitative estimate of drug-likeness (QED) is 0.0829. The van der Waals surface area contributed by atoms with Crippen molar-refractivity contribution >= 4 is 35.6 Å². The van der Waals surface area contributed by atoms with Crippen LogP contribution in [0.2, 0.25) is 0 Å². The van der Waals surface area contributed by atoms with Crippen molar-refractivity contribution in [2.75, 3.05) is 27.2 Å². The van der Waals surface area contributed by atoms with Crippen LogP contribution in [0.15, 0.2) is 25.3 Å². The molecule has 42 heavy (non-hydrogen) atoms. The average Bonchev–Trinajstić information content (AvgIpc) is 3.40. The van der Waals surface area contributed by atoms with Gasteiger partial charge in [0.1, 0.15) is 17.9 Å². The summed E-state index contributed by atoms with van der Waals surface area (Å²) in [6.07, 6.45) is 1.49. The monoisotopic (exact) mass is 591 g/mol. The third kappa shape index (κ3) is 7.78. The second-order valence-corrected chi connectivity index (χ2v) is 11.6. The molecule has 7 atom stereocenters. The van der Waals surface area contributed by atoms with E-state index in [-0.39, 0.29) is 37.5 Å². The molecule has 0 saturated carbocycles. The number of hydrogen-bond donors (Lipinski definition) is 5. The molecule has 0 radical (unpaired) electrons. The number of carbonyl (C=O) groups is 6. The summed E-state index contributed by atoms with van der Waals surface area (Å²) in [6.45, 7) is 15.7. The van der Waals surface area contributed by atoms with E-state index in [1.165, 1.54) is 33.0 Å². The zero-order chi connectivity index (χ0) is 32.4. The van der Waals surface area contributed by atoms with Gasteiger partial charge >= 0.3 is 0 Å². The van der Waals surface area contributed by atoms with Crippen LogP contribution in [0.5, 0.6) is 0 Å². The number of aliphatic hydroxyl groups excluding tert-OH is 1. The number of Topliss-reactive ketones (excluding diaryl/α,β-unsaturated/α-hetero) is 2. The SMILES string of the molecule is C=CCC(O)C(=O)[C@@](C=O)(N(C)C(=O)[C@@H](NC(=O)[C@H]1NCC[C@@H]1C)[C@@H](C)C=C)C(C)(C)C(=O)CCNC(=O)[C@H](C)NC. The minimum atomic E-state index is -2.46. The number of rotatable bonds is 18. The first kappa shape index (κ1) is 36.8. The first-order chi connectivity index (χ1) is 19.6. The van der Waals surface area contributed by atoms with Crippen LogP contribution in [-0.2, 0) is 28.8 Å². The number of likely N-dealkylation sites (N-methyl/N-ethyl adjacent to an activating group) is 2. The molecule has 1 aliphatic rings. The van der Waals surface area contributed by atoms with Crippen molar-refractivity contribution in [3.05, 3.63) is 25.3 Å². The standard InChI is InChI=1S/C30H49N5O7/c1-10-12-21(37)25(39)30(17-36,29(6,7)22(38)14-16-33-26(40)20(5)31-8)35(9)28(42)24(18(3)11-2)34-27(41)23-19(4)13-15-32-23/h10-11,17-21,23-24,31-32,37H,1-2,12-16H2,3-9H3,(H,33,40)(H,34,41)/t18-,19-,20-,21?,23-,24-,30+/m0/s1. The molecule has 5 N–H and O–H groups in total. The third-order valence-corrected chi connectivity index (χ3v) is 8.50. The van der Waals surface area contributed by atoms with Crippen LogP contribution >= 0.6 is 0 Å². The molecule has 236 valence electrons. The van der Waals surface area contributed by atoms with Crippen LogP contribution < -0.4 is 21.3 Å². The lowest BCUT2D eigenvalue weighted by Gasteiger charge is -2.48. The molecule has 0 aromatic rings. The molecule has 1 rings (SSSR count). The molecule has 1 saturated heterocycles. The van der Waals surface area contributed by atoms with Crippen LogP contribution in [0.3, 0.4) is 0 Å². The van der Waals surface area contributed by atoms with Crippen LogP contribution in [0.4, 0.5) is 0 Å². The summed E-state index contributed by atoms with van der Waals surface area (Å²) in [4.78, 5) is 80.8. The van der Waals surface area contributed by atoms with Gasteiger partial charge in [-0.3, -0.25) is 24.0 Å². The van der Waals surface area contributed by atoms with Gasteiger partial charge in [-0.15, -0.1) is 13.2 Å². The van der Waals surface area contributed by atoms with Crippen molar-refractivity contribution in [3.63, 3.8) is 0 Å². The second-order valence-electron chi connectivity index (χ2n) is 11.6. The van der Waals surface area contributed by atoms with E-state index in [1.807, 2.05) is 6.92 Å². The Kier molecular flexibility index (Phi) is 13.9. The Balaban J connectivity index is 3.54. The number of amides is 3. The van der Waals surface area contributed by atoms with Crippen LogP contribution in [0.25, 0.3) is 0 Å². The number of ketones is 2. The normalized spacial score (nSPS) is 21.0. The number of aliphatic hydroxyl groups is 1. The van der Waals surface area contributed by atoms with E-state index in [4.69, 9.17) is 0 Å². The summed E-state index contributed by atoms with van der Waals surface area (Å²) in [6, 6.07) is -2.28. The molecule has 3 amide bonds. The van der Waals surface area contributed by atoms with Gasteiger partial charge in [0.15, 0.2) is 17.6 Å². The number of carbonyl (C=O) groups excluding carboxylic acids is 6. The first-order valence-electron chi connectivity index (χ1n) is 14.3. The van der Waals surface area contributed by atoms with Gasteiger partial charge in [0, 0.05) is 25.9 Å². The van der Waals surface area contributed by atoms with E-state index in [2.05, 4.69) is 34.4 Å². The Morgan fingerprint density at radius 3 is 2.26 bits per heavy atom. The molecule has 0 spiro atoms. The van der Waals surface area contributed by atoms with Crippen LogP contribution in [-0.4, -0.2) is 103 Å². The van der Waals surface area contributed by atoms with Crippen molar-refractivity contribution in [3.8, 4) is 0 Å². The Morgan fingerprint density at radius 2 is 1.79 bits per heavy atom. The van der Waals surface area contributed by atoms with E-state index in [9.17, 15) is 33.9 Å². The van der Waals surface area contributed by atoms with Crippen molar-refractivity contribution in [2.24, 2.45) is 17.3 Å².